The zero-order valence-electron chi connectivity index (χ0n) is 16.8. The maximum Gasteiger partial charge on any atom is 0.255 e. The molecule has 162 valence electrons. The molecule has 0 aliphatic carbocycles. The van der Waals surface area contributed by atoms with Gasteiger partial charge in [-0.05, 0) is 48.0 Å². The molecule has 0 spiro atoms. The number of aromatic nitrogens is 1. The minimum atomic E-state index is -0.519. The third-order valence-corrected chi connectivity index (χ3v) is 6.26. The fourth-order valence-corrected chi connectivity index (χ4v) is 4.43. The average Bonchev–Trinajstić information content (AvgIpc) is 2.79. The number of nitrogens with zero attached hydrogens (tertiary/aromatic N) is 1. The Bertz CT molecular complexity index is 1170. The second-order valence-electron chi connectivity index (χ2n) is 7.11. The van der Waals surface area contributed by atoms with Crippen molar-refractivity contribution < 1.29 is 14.4 Å². The van der Waals surface area contributed by atoms with Crippen molar-refractivity contribution in [2.75, 3.05) is 10.6 Å². The first-order chi connectivity index (χ1) is 15.5. The molecule has 1 aliphatic heterocycles. The van der Waals surface area contributed by atoms with Crippen molar-refractivity contribution >= 4 is 52.5 Å². The minimum absolute atomic E-state index is 0.0526. The number of hydrogen-bond acceptors (Lipinski definition) is 5. The van der Waals surface area contributed by atoms with Crippen LogP contribution in [0.5, 0.6) is 0 Å². The monoisotopic (exact) mass is 466 g/mol. The standard InChI is InChI=1S/C23H19ClN4O3S/c24-16-4-5-19-18(11-16)28-23(31)20(32-19)12-21(29)26-13-14-2-1-3-17(10-14)27-22(30)15-6-8-25-9-7-15/h1-11,20H,12-13H2,(H,26,29)(H,27,30)(H,28,31). The molecule has 1 unspecified atom stereocenters. The van der Waals surface area contributed by atoms with Gasteiger partial charge in [0.05, 0.1) is 10.9 Å². The third-order valence-electron chi connectivity index (χ3n) is 4.75. The molecule has 7 nitrogen and oxygen atoms in total. The average molecular weight is 467 g/mol. The molecule has 1 atom stereocenters. The van der Waals surface area contributed by atoms with Crippen molar-refractivity contribution in [3.8, 4) is 0 Å². The highest BCUT2D eigenvalue weighted by Gasteiger charge is 2.29. The first-order valence-corrected chi connectivity index (χ1v) is 11.1. The van der Waals surface area contributed by atoms with Gasteiger partial charge in [-0.15, -0.1) is 11.8 Å². The molecule has 0 saturated carbocycles. The molecule has 0 saturated heterocycles. The quantitative estimate of drug-likeness (QED) is 0.507. The highest BCUT2D eigenvalue weighted by molar-refractivity contribution is 8.01. The van der Waals surface area contributed by atoms with E-state index in [1.54, 1.807) is 54.9 Å². The molecule has 0 fully saturated rings. The second-order valence-corrected chi connectivity index (χ2v) is 8.79. The SMILES string of the molecule is O=C(CC1Sc2ccc(Cl)cc2NC1=O)NCc1cccc(NC(=O)c2ccncc2)c1. The zero-order chi connectivity index (χ0) is 22.5. The van der Waals surface area contributed by atoms with Gasteiger partial charge in [0, 0.05) is 46.5 Å². The molecule has 0 radical (unpaired) electrons. The molecule has 0 bridgehead atoms. The van der Waals surface area contributed by atoms with E-state index in [0.717, 1.165) is 10.5 Å². The minimum Gasteiger partial charge on any atom is -0.352 e. The Morgan fingerprint density at radius 3 is 2.72 bits per heavy atom. The van der Waals surface area contributed by atoms with Gasteiger partial charge in [0.25, 0.3) is 5.91 Å². The molecule has 2 heterocycles. The number of nitrogens with one attached hydrogen (secondary N) is 3. The smallest absolute Gasteiger partial charge is 0.255 e. The fraction of sp³-hybridized carbons (Fsp3) is 0.130. The molecule has 1 aromatic heterocycles. The lowest BCUT2D eigenvalue weighted by Gasteiger charge is -2.23. The zero-order valence-corrected chi connectivity index (χ0v) is 18.4. The van der Waals surface area contributed by atoms with Crippen LogP contribution in [0.15, 0.2) is 71.9 Å². The maximum absolute atomic E-state index is 12.4. The van der Waals surface area contributed by atoms with Crippen LogP contribution in [0.4, 0.5) is 11.4 Å². The highest BCUT2D eigenvalue weighted by Crippen LogP contribution is 2.38. The van der Waals surface area contributed by atoms with Crippen molar-refractivity contribution in [3.05, 3.63) is 83.1 Å². The maximum atomic E-state index is 12.4. The van der Waals surface area contributed by atoms with Crippen molar-refractivity contribution in [2.24, 2.45) is 0 Å². The van der Waals surface area contributed by atoms with Crippen LogP contribution < -0.4 is 16.0 Å². The summed E-state index contributed by atoms with van der Waals surface area (Å²) >= 11 is 7.31. The van der Waals surface area contributed by atoms with E-state index in [1.165, 1.54) is 11.8 Å². The number of hydrogen-bond donors (Lipinski definition) is 3. The van der Waals surface area contributed by atoms with Crippen molar-refractivity contribution in [2.45, 2.75) is 23.1 Å². The van der Waals surface area contributed by atoms with Crippen LogP contribution in [0.25, 0.3) is 0 Å². The molecular formula is C23H19ClN4O3S. The number of pyridine rings is 1. The fourth-order valence-electron chi connectivity index (χ4n) is 3.16. The van der Waals surface area contributed by atoms with Crippen LogP contribution >= 0.6 is 23.4 Å². The van der Waals surface area contributed by atoms with Crippen molar-refractivity contribution in [1.29, 1.82) is 0 Å². The topological polar surface area (TPSA) is 100 Å². The summed E-state index contributed by atoms with van der Waals surface area (Å²) in [6, 6.07) is 15.8. The van der Waals surface area contributed by atoms with Crippen LogP contribution in [-0.2, 0) is 16.1 Å². The molecule has 3 amide bonds. The molecule has 32 heavy (non-hydrogen) atoms. The number of anilines is 2. The Hall–Kier alpha value is -3.36. The van der Waals surface area contributed by atoms with Gasteiger partial charge in [-0.25, -0.2) is 0 Å². The Balaban J connectivity index is 1.31. The molecule has 3 N–H and O–H groups in total. The Morgan fingerprint density at radius 1 is 1.09 bits per heavy atom. The summed E-state index contributed by atoms with van der Waals surface area (Å²) in [5, 5.41) is 8.49. The summed E-state index contributed by atoms with van der Waals surface area (Å²) < 4.78 is 0. The second kappa shape index (κ2) is 9.84. The number of rotatable bonds is 6. The van der Waals surface area contributed by atoms with Gasteiger partial charge >= 0.3 is 0 Å². The predicted molar refractivity (Wildman–Crippen MR) is 125 cm³/mol. The van der Waals surface area contributed by atoms with E-state index in [2.05, 4.69) is 20.9 Å². The lowest BCUT2D eigenvalue weighted by molar-refractivity contribution is -0.124. The van der Waals surface area contributed by atoms with Gasteiger partial charge in [0.15, 0.2) is 0 Å². The van der Waals surface area contributed by atoms with E-state index in [4.69, 9.17) is 11.6 Å². The summed E-state index contributed by atoms with van der Waals surface area (Å²) in [7, 11) is 0. The highest BCUT2D eigenvalue weighted by atomic mass is 35.5. The normalized spacial score (nSPS) is 14.8. The van der Waals surface area contributed by atoms with Crippen LogP contribution in [0.2, 0.25) is 5.02 Å². The molecule has 1 aliphatic rings. The lowest BCUT2D eigenvalue weighted by atomic mass is 10.1. The number of thioether (sulfide) groups is 1. The Labute approximate surface area is 194 Å². The molecule has 4 rings (SSSR count). The lowest BCUT2D eigenvalue weighted by Crippen LogP contribution is -2.34. The predicted octanol–water partition coefficient (Wildman–Crippen LogP) is 4.11. The number of fused-ring (bicyclic) bond motifs is 1. The van der Waals surface area contributed by atoms with E-state index in [1.807, 2.05) is 12.1 Å². The van der Waals surface area contributed by atoms with E-state index in [-0.39, 0.29) is 30.7 Å². The number of benzene rings is 2. The van der Waals surface area contributed by atoms with Crippen LogP contribution in [-0.4, -0.2) is 28.0 Å². The Kier molecular flexibility index (Phi) is 6.72. The summed E-state index contributed by atoms with van der Waals surface area (Å²) in [6.45, 7) is 0.281. The van der Waals surface area contributed by atoms with Gasteiger partial charge in [-0.3, -0.25) is 19.4 Å². The van der Waals surface area contributed by atoms with Gasteiger partial charge < -0.3 is 16.0 Å². The van der Waals surface area contributed by atoms with Crippen LogP contribution in [0, 0.1) is 0 Å². The summed E-state index contributed by atoms with van der Waals surface area (Å²) in [4.78, 5) is 41.9. The van der Waals surface area contributed by atoms with Crippen molar-refractivity contribution in [3.63, 3.8) is 0 Å². The Morgan fingerprint density at radius 2 is 1.91 bits per heavy atom. The third kappa shape index (κ3) is 5.46. The van der Waals surface area contributed by atoms with E-state index in [0.29, 0.717) is 22.0 Å². The summed E-state index contributed by atoms with van der Waals surface area (Å²) in [5.74, 6) is -0.697. The number of amides is 3. The number of carbonyl (C=O) groups is 3. The van der Waals surface area contributed by atoms with Gasteiger partial charge in [-0.1, -0.05) is 23.7 Å². The number of carbonyl (C=O) groups excluding carboxylic acids is 3. The molecule has 3 aromatic rings. The van der Waals surface area contributed by atoms with Crippen LogP contribution in [0.3, 0.4) is 0 Å². The van der Waals surface area contributed by atoms with Gasteiger partial charge in [0.1, 0.15) is 0 Å². The molecule has 9 heteroatoms. The van der Waals surface area contributed by atoms with Gasteiger partial charge in [0.2, 0.25) is 11.8 Å². The molecular weight excluding hydrogens is 448 g/mol. The summed E-state index contributed by atoms with van der Waals surface area (Å²) in [6.07, 6.45) is 3.16. The van der Waals surface area contributed by atoms with Crippen molar-refractivity contribution in [1.82, 2.24) is 10.3 Å². The summed E-state index contributed by atoms with van der Waals surface area (Å²) in [5.41, 5.74) is 2.61. The number of halogens is 1. The first kappa shape index (κ1) is 21.9. The van der Waals surface area contributed by atoms with Crippen LogP contribution in [0.1, 0.15) is 22.3 Å². The van der Waals surface area contributed by atoms with E-state index < -0.39 is 5.25 Å². The first-order valence-electron chi connectivity index (χ1n) is 9.82. The molecule has 2 aromatic carbocycles. The van der Waals surface area contributed by atoms with E-state index >= 15 is 0 Å². The van der Waals surface area contributed by atoms with E-state index in [9.17, 15) is 14.4 Å². The van der Waals surface area contributed by atoms with Gasteiger partial charge in [-0.2, -0.15) is 0 Å². The largest absolute Gasteiger partial charge is 0.352 e.